The van der Waals surface area contributed by atoms with E-state index >= 15 is 0 Å². The fourth-order valence-electron chi connectivity index (χ4n) is 3.36. The van der Waals surface area contributed by atoms with E-state index < -0.39 is 0 Å². The van der Waals surface area contributed by atoms with Gasteiger partial charge in [-0.1, -0.05) is 44.2 Å². The van der Waals surface area contributed by atoms with Crippen LogP contribution >= 0.6 is 0 Å². The molecule has 1 aliphatic heterocycles. The average Bonchev–Trinajstić information content (AvgIpc) is 3.20. The zero-order valence-corrected chi connectivity index (χ0v) is 17.4. The lowest BCUT2D eigenvalue weighted by atomic mass is 10.2. The van der Waals surface area contributed by atoms with Crippen molar-refractivity contribution in [2.24, 2.45) is 10.9 Å². The minimum absolute atomic E-state index is 0.0385. The normalized spacial score (nSPS) is 16.8. The number of rotatable bonds is 6. The van der Waals surface area contributed by atoms with E-state index in [-0.39, 0.29) is 17.9 Å². The molecule has 0 spiro atoms. The van der Waals surface area contributed by atoms with Crippen LogP contribution in [0.5, 0.6) is 11.5 Å². The van der Waals surface area contributed by atoms with Gasteiger partial charge >= 0.3 is 0 Å². The van der Waals surface area contributed by atoms with Gasteiger partial charge in [-0.05, 0) is 36.2 Å². The van der Waals surface area contributed by atoms with Gasteiger partial charge in [0.05, 0.1) is 0 Å². The van der Waals surface area contributed by atoms with Crippen molar-refractivity contribution in [3.63, 3.8) is 0 Å². The first-order chi connectivity index (χ1) is 14.0. The number of guanidine groups is 1. The van der Waals surface area contributed by atoms with Gasteiger partial charge in [0.1, 0.15) is 11.5 Å². The maximum absolute atomic E-state index is 12.2. The summed E-state index contributed by atoms with van der Waals surface area (Å²) in [5, 5.41) is 6.78. The molecule has 1 fully saturated rings. The van der Waals surface area contributed by atoms with Gasteiger partial charge in [0.2, 0.25) is 5.91 Å². The Balaban J connectivity index is 1.51. The number of para-hydroxylation sites is 1. The van der Waals surface area contributed by atoms with Gasteiger partial charge in [-0.15, -0.1) is 0 Å². The highest BCUT2D eigenvalue weighted by atomic mass is 16.5. The minimum atomic E-state index is 0.0385. The summed E-state index contributed by atoms with van der Waals surface area (Å²) in [5.41, 5.74) is 1.10. The van der Waals surface area contributed by atoms with Gasteiger partial charge in [0.15, 0.2) is 5.96 Å². The van der Waals surface area contributed by atoms with Crippen LogP contribution in [0.15, 0.2) is 59.6 Å². The number of aliphatic imine (C=N–C) groups is 1. The predicted octanol–water partition coefficient (Wildman–Crippen LogP) is 3.40. The molecule has 6 nitrogen and oxygen atoms in total. The molecule has 154 valence electrons. The van der Waals surface area contributed by atoms with Gasteiger partial charge in [-0.25, -0.2) is 0 Å². The highest BCUT2D eigenvalue weighted by Crippen LogP contribution is 2.21. The Morgan fingerprint density at radius 2 is 1.93 bits per heavy atom. The quantitative estimate of drug-likeness (QED) is 0.582. The first-order valence-electron chi connectivity index (χ1n) is 10.1. The highest BCUT2D eigenvalue weighted by molar-refractivity contribution is 5.81. The number of likely N-dealkylation sites (tertiary alicyclic amines) is 1. The fourth-order valence-corrected chi connectivity index (χ4v) is 3.36. The number of amides is 1. The number of nitrogens with one attached hydrogen (secondary N) is 2. The van der Waals surface area contributed by atoms with Crippen LogP contribution in [0.25, 0.3) is 0 Å². The second-order valence-electron chi connectivity index (χ2n) is 7.56. The zero-order valence-electron chi connectivity index (χ0n) is 17.4. The third-order valence-corrected chi connectivity index (χ3v) is 4.90. The molecular formula is C23H30N4O2. The van der Waals surface area contributed by atoms with Crippen LogP contribution in [0.1, 0.15) is 25.8 Å². The summed E-state index contributed by atoms with van der Waals surface area (Å²) in [7, 11) is 1.76. The van der Waals surface area contributed by atoms with Crippen LogP contribution in [0, 0.1) is 5.92 Å². The average molecular weight is 395 g/mol. The first kappa shape index (κ1) is 20.7. The molecule has 1 heterocycles. The summed E-state index contributed by atoms with van der Waals surface area (Å²) in [5.74, 6) is 2.61. The fraction of sp³-hybridized carbons (Fsp3) is 0.391. The van der Waals surface area contributed by atoms with Crippen LogP contribution in [-0.2, 0) is 11.3 Å². The van der Waals surface area contributed by atoms with E-state index in [0.717, 1.165) is 42.5 Å². The topological polar surface area (TPSA) is 66.0 Å². The molecule has 1 amide bonds. The summed E-state index contributed by atoms with van der Waals surface area (Å²) < 4.78 is 5.90. The smallest absolute Gasteiger partial charge is 0.225 e. The van der Waals surface area contributed by atoms with Crippen molar-refractivity contribution in [1.29, 1.82) is 0 Å². The van der Waals surface area contributed by atoms with Crippen LogP contribution < -0.4 is 15.4 Å². The third kappa shape index (κ3) is 5.98. The monoisotopic (exact) mass is 394 g/mol. The van der Waals surface area contributed by atoms with Crippen LogP contribution in [0.2, 0.25) is 0 Å². The molecule has 6 heteroatoms. The second kappa shape index (κ2) is 9.96. The van der Waals surface area contributed by atoms with Crippen molar-refractivity contribution in [2.45, 2.75) is 32.9 Å². The molecular weight excluding hydrogens is 364 g/mol. The summed E-state index contributed by atoms with van der Waals surface area (Å²) in [6.45, 7) is 6.04. The summed E-state index contributed by atoms with van der Waals surface area (Å²) in [4.78, 5) is 18.4. The first-order valence-corrected chi connectivity index (χ1v) is 10.1. The lowest BCUT2D eigenvalue weighted by Gasteiger charge is -2.20. The standard InChI is InChI=1S/C23H30N4O2/c1-17(2)22(28)27-13-12-19(16-27)26-23(24-3)25-15-18-8-7-11-21(14-18)29-20-9-5-4-6-10-20/h4-11,14,17,19H,12-13,15-16H2,1-3H3,(H2,24,25,26). The molecule has 0 aromatic heterocycles. The number of hydrogen-bond donors (Lipinski definition) is 2. The zero-order chi connectivity index (χ0) is 20.6. The Labute approximate surface area is 173 Å². The number of hydrogen-bond acceptors (Lipinski definition) is 3. The van der Waals surface area contributed by atoms with E-state index in [2.05, 4.69) is 21.7 Å². The van der Waals surface area contributed by atoms with Crippen molar-refractivity contribution < 1.29 is 9.53 Å². The largest absolute Gasteiger partial charge is 0.457 e. The third-order valence-electron chi connectivity index (χ3n) is 4.90. The molecule has 1 unspecified atom stereocenters. The van der Waals surface area contributed by atoms with Gasteiger partial charge in [-0.2, -0.15) is 0 Å². The number of benzene rings is 2. The molecule has 1 aliphatic rings. The van der Waals surface area contributed by atoms with Gasteiger partial charge in [0.25, 0.3) is 0 Å². The maximum Gasteiger partial charge on any atom is 0.225 e. The molecule has 0 radical (unpaired) electrons. The Kier molecular flexibility index (Phi) is 7.11. The maximum atomic E-state index is 12.2. The highest BCUT2D eigenvalue weighted by Gasteiger charge is 2.27. The summed E-state index contributed by atoms with van der Waals surface area (Å²) in [6.07, 6.45) is 0.930. The van der Waals surface area contributed by atoms with Crippen LogP contribution in [-0.4, -0.2) is 42.9 Å². The molecule has 29 heavy (non-hydrogen) atoms. The van der Waals surface area contributed by atoms with E-state index in [4.69, 9.17) is 4.74 Å². The lowest BCUT2D eigenvalue weighted by Crippen LogP contribution is -2.45. The predicted molar refractivity (Wildman–Crippen MR) is 116 cm³/mol. The Bertz CT molecular complexity index is 836. The SMILES string of the molecule is CN=C(NCc1cccc(Oc2ccccc2)c1)NC1CCN(C(=O)C(C)C)C1. The van der Waals surface area contributed by atoms with E-state index in [9.17, 15) is 4.79 Å². The van der Waals surface area contributed by atoms with Crippen molar-refractivity contribution >= 4 is 11.9 Å². The molecule has 2 N–H and O–H groups in total. The molecule has 0 aliphatic carbocycles. The Morgan fingerprint density at radius 3 is 2.66 bits per heavy atom. The second-order valence-corrected chi connectivity index (χ2v) is 7.56. The molecule has 1 saturated heterocycles. The number of carbonyl (C=O) groups is 1. The van der Waals surface area contributed by atoms with Crippen molar-refractivity contribution in [1.82, 2.24) is 15.5 Å². The van der Waals surface area contributed by atoms with E-state index in [1.807, 2.05) is 67.3 Å². The summed E-state index contributed by atoms with van der Waals surface area (Å²) >= 11 is 0. The van der Waals surface area contributed by atoms with Crippen LogP contribution in [0.3, 0.4) is 0 Å². The lowest BCUT2D eigenvalue weighted by molar-refractivity contribution is -0.133. The molecule has 2 aromatic carbocycles. The number of nitrogens with zero attached hydrogens (tertiary/aromatic N) is 2. The number of carbonyl (C=O) groups excluding carboxylic acids is 1. The Hall–Kier alpha value is -3.02. The summed E-state index contributed by atoms with van der Waals surface area (Å²) in [6, 6.07) is 18.0. The van der Waals surface area contributed by atoms with E-state index in [0.29, 0.717) is 6.54 Å². The van der Waals surface area contributed by atoms with Gasteiger partial charge in [-0.3, -0.25) is 9.79 Å². The molecule has 3 rings (SSSR count). The van der Waals surface area contributed by atoms with Crippen molar-refractivity contribution in [3.05, 3.63) is 60.2 Å². The molecule has 2 aromatic rings. The molecule has 0 saturated carbocycles. The Morgan fingerprint density at radius 1 is 1.17 bits per heavy atom. The van der Waals surface area contributed by atoms with Crippen LogP contribution in [0.4, 0.5) is 0 Å². The van der Waals surface area contributed by atoms with Crippen molar-refractivity contribution in [3.8, 4) is 11.5 Å². The minimum Gasteiger partial charge on any atom is -0.457 e. The molecule has 1 atom stereocenters. The van der Waals surface area contributed by atoms with E-state index in [1.165, 1.54) is 0 Å². The van der Waals surface area contributed by atoms with E-state index in [1.54, 1.807) is 7.05 Å². The van der Waals surface area contributed by atoms with Gasteiger partial charge < -0.3 is 20.3 Å². The molecule has 0 bridgehead atoms. The van der Waals surface area contributed by atoms with Gasteiger partial charge in [0, 0.05) is 38.6 Å². The number of ether oxygens (including phenoxy) is 1. The van der Waals surface area contributed by atoms with Crippen molar-refractivity contribution in [2.75, 3.05) is 20.1 Å².